The van der Waals surface area contributed by atoms with Gasteiger partial charge in [-0.25, -0.2) is 9.36 Å². The second-order valence-corrected chi connectivity index (χ2v) is 8.87. The van der Waals surface area contributed by atoms with Crippen molar-refractivity contribution in [3.8, 4) is 23.1 Å². The number of carbonyl (C=O) groups excluding carboxylic acids is 1. The predicted octanol–water partition coefficient (Wildman–Crippen LogP) is 4.42. The van der Waals surface area contributed by atoms with Crippen LogP contribution in [-0.2, 0) is 24.3 Å². The summed E-state index contributed by atoms with van der Waals surface area (Å²) < 4.78 is 15.4. The molecule has 1 amide bonds. The molecule has 0 bridgehead atoms. The van der Waals surface area contributed by atoms with Gasteiger partial charge in [0.25, 0.3) is 5.56 Å². The van der Waals surface area contributed by atoms with Crippen LogP contribution in [0.25, 0.3) is 5.69 Å². The molecule has 0 spiro atoms. The maximum Gasteiger partial charge on any atom is 0.278 e. The Morgan fingerprint density at radius 2 is 1.85 bits per heavy atom. The Morgan fingerprint density at radius 1 is 1.09 bits per heavy atom. The predicted molar refractivity (Wildman–Crippen MR) is 132 cm³/mol. The van der Waals surface area contributed by atoms with Gasteiger partial charge >= 0.3 is 0 Å². The SMILES string of the molecule is COc1ccc(CNC(=O)Cn2c3c(c(=O)n2-c2ccccc2)Cc2cc(Br)ccc2O3)cc1. The summed E-state index contributed by atoms with van der Waals surface area (Å²) in [5.41, 5.74) is 2.85. The van der Waals surface area contributed by atoms with Crippen LogP contribution in [0.15, 0.2) is 82.1 Å². The molecule has 0 saturated heterocycles. The number of rotatable bonds is 6. The molecule has 0 fully saturated rings. The van der Waals surface area contributed by atoms with Crippen LogP contribution in [0.2, 0.25) is 0 Å². The van der Waals surface area contributed by atoms with Crippen molar-refractivity contribution in [3.63, 3.8) is 0 Å². The molecule has 4 aromatic rings. The summed E-state index contributed by atoms with van der Waals surface area (Å²) in [5, 5.41) is 2.93. The number of para-hydroxylation sites is 1. The molecule has 7 nitrogen and oxygen atoms in total. The lowest BCUT2D eigenvalue weighted by Gasteiger charge is -2.19. The topological polar surface area (TPSA) is 74.5 Å². The number of amides is 1. The normalized spacial score (nSPS) is 11.8. The minimum absolute atomic E-state index is 0.0680. The molecule has 2 heterocycles. The fourth-order valence-electron chi connectivity index (χ4n) is 4.03. The molecule has 1 aliphatic rings. The monoisotopic (exact) mass is 519 g/mol. The van der Waals surface area contributed by atoms with Crippen LogP contribution in [0.1, 0.15) is 16.7 Å². The van der Waals surface area contributed by atoms with E-state index in [9.17, 15) is 9.59 Å². The van der Waals surface area contributed by atoms with E-state index in [-0.39, 0.29) is 18.0 Å². The maximum atomic E-state index is 13.5. The fraction of sp³-hybridized carbons (Fsp3) is 0.154. The van der Waals surface area contributed by atoms with Crippen LogP contribution >= 0.6 is 15.9 Å². The second kappa shape index (κ2) is 9.23. The number of nitrogens with one attached hydrogen (secondary N) is 1. The third-order valence-corrected chi connectivity index (χ3v) is 6.22. The average Bonchev–Trinajstić information content (AvgIpc) is 3.12. The lowest BCUT2D eigenvalue weighted by atomic mass is 10.0. The summed E-state index contributed by atoms with van der Waals surface area (Å²) in [5.74, 6) is 1.59. The quantitative estimate of drug-likeness (QED) is 0.360. The van der Waals surface area contributed by atoms with Crippen LogP contribution in [0.3, 0.4) is 0 Å². The van der Waals surface area contributed by atoms with Crippen molar-refractivity contribution >= 4 is 21.8 Å². The maximum absolute atomic E-state index is 13.5. The van der Waals surface area contributed by atoms with Crippen LogP contribution in [0.4, 0.5) is 0 Å². The fourth-order valence-corrected chi connectivity index (χ4v) is 4.43. The van der Waals surface area contributed by atoms with Gasteiger partial charge in [-0.1, -0.05) is 46.3 Å². The zero-order chi connectivity index (χ0) is 23.7. The van der Waals surface area contributed by atoms with Gasteiger partial charge in [-0.3, -0.25) is 9.59 Å². The number of ether oxygens (including phenoxy) is 2. The number of halogens is 1. The zero-order valence-electron chi connectivity index (χ0n) is 18.5. The third-order valence-electron chi connectivity index (χ3n) is 5.72. The number of methoxy groups -OCH3 is 1. The number of aromatic nitrogens is 2. The molecule has 172 valence electrons. The molecule has 0 saturated carbocycles. The van der Waals surface area contributed by atoms with E-state index in [1.54, 1.807) is 11.8 Å². The molecule has 34 heavy (non-hydrogen) atoms. The van der Waals surface area contributed by atoms with Crippen LogP contribution in [0.5, 0.6) is 17.4 Å². The highest BCUT2D eigenvalue weighted by molar-refractivity contribution is 9.10. The third kappa shape index (κ3) is 4.24. The second-order valence-electron chi connectivity index (χ2n) is 7.95. The van der Waals surface area contributed by atoms with Crippen molar-refractivity contribution in [2.24, 2.45) is 0 Å². The number of benzene rings is 3. The van der Waals surface area contributed by atoms with Gasteiger partial charge in [0, 0.05) is 23.0 Å². The van der Waals surface area contributed by atoms with Gasteiger partial charge in [-0.05, 0) is 48.0 Å². The van der Waals surface area contributed by atoms with E-state index in [4.69, 9.17) is 9.47 Å². The molecule has 0 unspecified atom stereocenters. The van der Waals surface area contributed by atoms with Crippen molar-refractivity contribution in [2.45, 2.75) is 19.5 Å². The highest BCUT2D eigenvalue weighted by Gasteiger charge is 2.29. The first-order valence-electron chi connectivity index (χ1n) is 10.8. The van der Waals surface area contributed by atoms with E-state index in [2.05, 4.69) is 21.2 Å². The highest BCUT2D eigenvalue weighted by atomic mass is 79.9. The summed E-state index contributed by atoms with van der Waals surface area (Å²) in [6.45, 7) is 0.293. The van der Waals surface area contributed by atoms with E-state index < -0.39 is 0 Å². The van der Waals surface area contributed by atoms with Gasteiger partial charge < -0.3 is 14.8 Å². The van der Waals surface area contributed by atoms with E-state index in [1.165, 1.54) is 4.68 Å². The standard InChI is InChI=1S/C26H22BrN3O4/c1-33-21-10-7-17(8-11-21)15-28-24(31)16-29-26-22(14-18-13-19(27)9-12-23(18)34-26)25(32)30(29)20-5-3-2-4-6-20/h2-13H,14-16H2,1H3,(H,28,31). The number of fused-ring (bicyclic) bond motifs is 2. The lowest BCUT2D eigenvalue weighted by Crippen LogP contribution is -2.31. The Kier molecular flexibility index (Phi) is 5.98. The Balaban J connectivity index is 1.46. The van der Waals surface area contributed by atoms with Crippen LogP contribution < -0.4 is 20.3 Å². The zero-order valence-corrected chi connectivity index (χ0v) is 20.0. The van der Waals surface area contributed by atoms with Gasteiger partial charge in [-0.15, -0.1) is 0 Å². The van der Waals surface area contributed by atoms with E-state index in [1.807, 2.05) is 72.8 Å². The van der Waals surface area contributed by atoms with Gasteiger partial charge in [0.1, 0.15) is 18.0 Å². The van der Waals surface area contributed by atoms with Gasteiger partial charge in [-0.2, -0.15) is 0 Å². The minimum Gasteiger partial charge on any atom is -0.497 e. The first-order valence-corrected chi connectivity index (χ1v) is 11.6. The summed E-state index contributed by atoms with van der Waals surface area (Å²) in [7, 11) is 1.61. The first kappa shape index (κ1) is 22.0. The van der Waals surface area contributed by atoms with Gasteiger partial charge in [0.2, 0.25) is 11.8 Å². The van der Waals surface area contributed by atoms with Gasteiger partial charge in [0.15, 0.2) is 0 Å². The van der Waals surface area contributed by atoms with Crippen molar-refractivity contribution in [1.82, 2.24) is 14.7 Å². The van der Waals surface area contributed by atoms with Crippen molar-refractivity contribution in [3.05, 3.63) is 104 Å². The van der Waals surface area contributed by atoms with E-state index >= 15 is 0 Å². The number of hydrogen-bond acceptors (Lipinski definition) is 4. The number of carbonyl (C=O) groups is 1. The van der Waals surface area contributed by atoms with Crippen molar-refractivity contribution < 1.29 is 14.3 Å². The molecule has 1 aromatic heterocycles. The Bertz CT molecular complexity index is 1410. The average molecular weight is 520 g/mol. The van der Waals surface area contributed by atoms with E-state index in [0.717, 1.165) is 21.3 Å². The van der Waals surface area contributed by atoms with Gasteiger partial charge in [0.05, 0.1) is 18.4 Å². The smallest absolute Gasteiger partial charge is 0.278 e. The molecule has 5 rings (SSSR count). The molecule has 0 radical (unpaired) electrons. The molecule has 0 atom stereocenters. The highest BCUT2D eigenvalue weighted by Crippen LogP contribution is 2.37. The summed E-state index contributed by atoms with van der Waals surface area (Å²) in [6, 6.07) is 22.5. The molecule has 8 heteroatoms. The van der Waals surface area contributed by atoms with E-state index in [0.29, 0.717) is 35.8 Å². The lowest BCUT2D eigenvalue weighted by molar-refractivity contribution is -0.122. The molecule has 1 aliphatic heterocycles. The number of nitrogens with zero attached hydrogens (tertiary/aromatic N) is 2. The van der Waals surface area contributed by atoms with Crippen LogP contribution in [-0.4, -0.2) is 22.4 Å². The van der Waals surface area contributed by atoms with Crippen molar-refractivity contribution in [2.75, 3.05) is 7.11 Å². The minimum atomic E-state index is -0.233. The van der Waals surface area contributed by atoms with Crippen LogP contribution in [0, 0.1) is 0 Å². The summed E-state index contributed by atoms with van der Waals surface area (Å²) in [4.78, 5) is 26.4. The molecular formula is C26H22BrN3O4. The Morgan fingerprint density at radius 3 is 2.59 bits per heavy atom. The van der Waals surface area contributed by atoms with Crippen molar-refractivity contribution in [1.29, 1.82) is 0 Å². The molecule has 0 aliphatic carbocycles. The Hall–Kier alpha value is -3.78. The summed E-state index contributed by atoms with van der Waals surface area (Å²) in [6.07, 6.45) is 0.427. The summed E-state index contributed by atoms with van der Waals surface area (Å²) >= 11 is 3.48. The molecule has 1 N–H and O–H groups in total. The largest absolute Gasteiger partial charge is 0.497 e. The number of hydrogen-bond donors (Lipinski definition) is 1. The molecular weight excluding hydrogens is 498 g/mol. The first-order chi connectivity index (χ1) is 16.5. The molecule has 3 aromatic carbocycles. The Labute approximate surface area is 204 Å².